The third-order valence-electron chi connectivity index (χ3n) is 3.26. The molecule has 0 heterocycles. The highest BCUT2D eigenvalue weighted by atomic mass is 16.5. The molecule has 6 nitrogen and oxygen atoms in total. The summed E-state index contributed by atoms with van der Waals surface area (Å²) < 4.78 is 21.5. The van der Waals surface area contributed by atoms with E-state index in [1.54, 1.807) is 14.0 Å². The standard InChI is InChI=1S/C15H32O6/c1-6-19-12(3)10-20-13(4)15(17)7-14(8-16)21-9-11(2)18-5/h11-17H,6-10H2,1-5H3. The van der Waals surface area contributed by atoms with E-state index in [1.807, 2.05) is 20.8 Å². The third kappa shape index (κ3) is 10.2. The predicted molar refractivity (Wildman–Crippen MR) is 80.4 cm³/mol. The average Bonchev–Trinajstić information content (AvgIpc) is 2.48. The molecule has 0 amide bonds. The lowest BCUT2D eigenvalue weighted by Crippen LogP contribution is -2.35. The van der Waals surface area contributed by atoms with E-state index in [-0.39, 0.29) is 24.9 Å². The van der Waals surface area contributed by atoms with Crippen LogP contribution in [0.4, 0.5) is 0 Å². The Bertz CT molecular complexity index is 238. The third-order valence-corrected chi connectivity index (χ3v) is 3.26. The zero-order chi connectivity index (χ0) is 16.3. The van der Waals surface area contributed by atoms with E-state index in [0.29, 0.717) is 26.2 Å². The molecule has 0 radical (unpaired) electrons. The van der Waals surface area contributed by atoms with Gasteiger partial charge in [-0.3, -0.25) is 0 Å². The number of hydrogen-bond acceptors (Lipinski definition) is 6. The molecule has 6 heteroatoms. The van der Waals surface area contributed by atoms with Gasteiger partial charge in [-0.05, 0) is 27.7 Å². The second-order valence-electron chi connectivity index (χ2n) is 5.29. The Kier molecular flexibility index (Phi) is 12.2. The summed E-state index contributed by atoms with van der Waals surface area (Å²) in [6.45, 7) is 8.84. The fraction of sp³-hybridized carbons (Fsp3) is 1.00. The van der Waals surface area contributed by atoms with Crippen LogP contribution < -0.4 is 0 Å². The first-order chi connectivity index (χ1) is 9.94. The van der Waals surface area contributed by atoms with Gasteiger partial charge in [0.1, 0.15) is 0 Å². The monoisotopic (exact) mass is 308 g/mol. The molecule has 0 saturated carbocycles. The van der Waals surface area contributed by atoms with Gasteiger partial charge in [-0.15, -0.1) is 0 Å². The van der Waals surface area contributed by atoms with Crippen LogP contribution in [-0.2, 0) is 18.9 Å². The fourth-order valence-corrected chi connectivity index (χ4v) is 1.73. The molecule has 0 spiro atoms. The minimum absolute atomic E-state index is 0.00269. The first-order valence-corrected chi connectivity index (χ1v) is 7.61. The van der Waals surface area contributed by atoms with E-state index in [4.69, 9.17) is 18.9 Å². The van der Waals surface area contributed by atoms with E-state index in [2.05, 4.69) is 0 Å². The normalized spacial score (nSPS) is 19.0. The molecule has 0 fully saturated rings. The molecule has 0 aliphatic rings. The van der Waals surface area contributed by atoms with Gasteiger partial charge in [0.15, 0.2) is 0 Å². The van der Waals surface area contributed by atoms with E-state index >= 15 is 0 Å². The van der Waals surface area contributed by atoms with Gasteiger partial charge >= 0.3 is 0 Å². The van der Waals surface area contributed by atoms with Crippen molar-refractivity contribution in [3.8, 4) is 0 Å². The number of ether oxygens (including phenoxy) is 4. The van der Waals surface area contributed by atoms with Gasteiger partial charge in [0.25, 0.3) is 0 Å². The molecule has 128 valence electrons. The van der Waals surface area contributed by atoms with Gasteiger partial charge in [0.05, 0.1) is 50.3 Å². The van der Waals surface area contributed by atoms with E-state index in [1.165, 1.54) is 0 Å². The highest BCUT2D eigenvalue weighted by Gasteiger charge is 2.21. The molecular formula is C15H32O6. The topological polar surface area (TPSA) is 77.4 Å². The number of hydrogen-bond donors (Lipinski definition) is 2. The zero-order valence-corrected chi connectivity index (χ0v) is 13.9. The average molecular weight is 308 g/mol. The minimum atomic E-state index is -0.700. The van der Waals surface area contributed by atoms with Gasteiger partial charge in [0.2, 0.25) is 0 Å². The van der Waals surface area contributed by atoms with Crippen molar-refractivity contribution in [2.75, 3.05) is 33.5 Å². The van der Waals surface area contributed by atoms with Crippen molar-refractivity contribution in [2.24, 2.45) is 0 Å². The molecule has 2 N–H and O–H groups in total. The number of aliphatic hydroxyl groups excluding tert-OH is 2. The lowest BCUT2D eigenvalue weighted by Gasteiger charge is -2.25. The Morgan fingerprint density at radius 3 is 2.10 bits per heavy atom. The molecule has 0 aromatic rings. The van der Waals surface area contributed by atoms with Crippen LogP contribution >= 0.6 is 0 Å². The molecule has 0 saturated heterocycles. The molecule has 0 aliphatic heterocycles. The maximum Gasteiger partial charge on any atom is 0.0832 e. The van der Waals surface area contributed by atoms with Crippen molar-refractivity contribution in [3.63, 3.8) is 0 Å². The Morgan fingerprint density at radius 2 is 1.57 bits per heavy atom. The summed E-state index contributed by atoms with van der Waals surface area (Å²) in [6.07, 6.45) is -1.20. The molecule has 5 unspecified atom stereocenters. The Hall–Kier alpha value is -0.240. The quantitative estimate of drug-likeness (QED) is 0.528. The molecule has 0 bridgehead atoms. The highest BCUT2D eigenvalue weighted by Crippen LogP contribution is 2.10. The summed E-state index contributed by atoms with van der Waals surface area (Å²) in [5.41, 5.74) is 0. The molecule has 5 atom stereocenters. The molecule has 0 rings (SSSR count). The van der Waals surface area contributed by atoms with E-state index in [0.717, 1.165) is 0 Å². The lowest BCUT2D eigenvalue weighted by molar-refractivity contribution is -0.0974. The van der Waals surface area contributed by atoms with Gasteiger partial charge in [-0.1, -0.05) is 0 Å². The van der Waals surface area contributed by atoms with Gasteiger partial charge in [0, 0.05) is 20.1 Å². The molecule has 0 aromatic carbocycles. The van der Waals surface area contributed by atoms with Crippen molar-refractivity contribution in [1.29, 1.82) is 0 Å². The molecule has 0 aromatic heterocycles. The van der Waals surface area contributed by atoms with Gasteiger partial charge in [-0.2, -0.15) is 0 Å². The highest BCUT2D eigenvalue weighted by molar-refractivity contribution is 4.71. The summed E-state index contributed by atoms with van der Waals surface area (Å²) in [5, 5.41) is 19.4. The van der Waals surface area contributed by atoms with Crippen LogP contribution in [0.1, 0.15) is 34.1 Å². The van der Waals surface area contributed by atoms with Crippen LogP contribution in [-0.4, -0.2) is 74.3 Å². The van der Waals surface area contributed by atoms with Gasteiger partial charge in [-0.25, -0.2) is 0 Å². The van der Waals surface area contributed by atoms with E-state index < -0.39 is 12.2 Å². The number of aliphatic hydroxyl groups is 2. The molecule has 0 aliphatic carbocycles. The smallest absolute Gasteiger partial charge is 0.0832 e. The van der Waals surface area contributed by atoms with Crippen LogP contribution in [0.5, 0.6) is 0 Å². The largest absolute Gasteiger partial charge is 0.394 e. The second-order valence-corrected chi connectivity index (χ2v) is 5.29. The maximum absolute atomic E-state index is 10.1. The Labute approximate surface area is 128 Å². The van der Waals surface area contributed by atoms with Crippen molar-refractivity contribution in [1.82, 2.24) is 0 Å². The fourth-order valence-electron chi connectivity index (χ4n) is 1.73. The van der Waals surface area contributed by atoms with Crippen LogP contribution in [0.2, 0.25) is 0 Å². The summed E-state index contributed by atoms with van der Waals surface area (Å²) in [6, 6.07) is 0. The van der Waals surface area contributed by atoms with Crippen LogP contribution in [0.3, 0.4) is 0 Å². The van der Waals surface area contributed by atoms with E-state index in [9.17, 15) is 10.2 Å². The van der Waals surface area contributed by atoms with Crippen molar-refractivity contribution >= 4 is 0 Å². The maximum atomic E-state index is 10.1. The Balaban J connectivity index is 4.02. The summed E-state index contributed by atoms with van der Waals surface area (Å²) in [5.74, 6) is 0. The first-order valence-electron chi connectivity index (χ1n) is 7.61. The van der Waals surface area contributed by atoms with Crippen molar-refractivity contribution < 1.29 is 29.2 Å². The molecule has 21 heavy (non-hydrogen) atoms. The summed E-state index contributed by atoms with van der Waals surface area (Å²) >= 11 is 0. The predicted octanol–water partition coefficient (Wildman–Crippen LogP) is 0.980. The number of rotatable bonds is 13. The van der Waals surface area contributed by atoms with Crippen molar-refractivity contribution in [3.05, 3.63) is 0 Å². The minimum Gasteiger partial charge on any atom is -0.394 e. The van der Waals surface area contributed by atoms with Gasteiger partial charge < -0.3 is 29.2 Å². The SMILES string of the molecule is CCOC(C)COC(C)C(O)CC(CO)OCC(C)OC. The Morgan fingerprint density at radius 1 is 0.952 bits per heavy atom. The summed E-state index contributed by atoms with van der Waals surface area (Å²) in [4.78, 5) is 0. The van der Waals surface area contributed by atoms with Crippen LogP contribution in [0.15, 0.2) is 0 Å². The lowest BCUT2D eigenvalue weighted by atomic mass is 10.1. The second kappa shape index (κ2) is 12.3. The van der Waals surface area contributed by atoms with Crippen LogP contribution in [0, 0.1) is 0 Å². The van der Waals surface area contributed by atoms with Crippen molar-refractivity contribution in [2.45, 2.75) is 64.6 Å². The molecular weight excluding hydrogens is 276 g/mol. The first kappa shape index (κ1) is 20.8. The summed E-state index contributed by atoms with van der Waals surface area (Å²) in [7, 11) is 1.60. The van der Waals surface area contributed by atoms with Crippen LogP contribution in [0.25, 0.3) is 0 Å². The zero-order valence-electron chi connectivity index (χ0n) is 13.9. The number of methoxy groups -OCH3 is 1.